The number of hydrogen-bond donors (Lipinski definition) is 0. The summed E-state index contributed by atoms with van der Waals surface area (Å²) in [5.74, 6) is 5.66. The summed E-state index contributed by atoms with van der Waals surface area (Å²) in [5.41, 5.74) is 1.97. The zero-order valence-corrected chi connectivity index (χ0v) is 7.36. The van der Waals surface area contributed by atoms with E-state index in [9.17, 15) is 0 Å². The Kier molecular flexibility index (Phi) is 4.95. The van der Waals surface area contributed by atoms with Crippen LogP contribution in [0, 0.1) is 23.2 Å². The third-order valence-corrected chi connectivity index (χ3v) is 1.62. The van der Waals surface area contributed by atoms with E-state index in [0.717, 1.165) is 17.6 Å². The van der Waals surface area contributed by atoms with E-state index >= 15 is 0 Å². The Morgan fingerprint density at radius 2 is 2.09 bits per heavy atom. The molecule has 0 aromatic heterocycles. The summed E-state index contributed by atoms with van der Waals surface area (Å²) in [6.07, 6.45) is 1.54. The summed E-state index contributed by atoms with van der Waals surface area (Å²) >= 11 is 0. The Labute approximate surface area is 68.7 Å². The number of nitriles is 1. The first kappa shape index (κ1) is 9.79. The van der Waals surface area contributed by atoms with Gasteiger partial charge in [-0.15, -0.1) is 5.92 Å². The van der Waals surface area contributed by atoms with Crippen molar-refractivity contribution >= 4 is 0 Å². The third-order valence-electron chi connectivity index (χ3n) is 1.62. The van der Waals surface area contributed by atoms with E-state index in [1.165, 1.54) is 0 Å². The van der Waals surface area contributed by atoms with Gasteiger partial charge in [0.1, 0.15) is 0 Å². The van der Waals surface area contributed by atoms with Gasteiger partial charge < -0.3 is 0 Å². The van der Waals surface area contributed by atoms with E-state index in [1.54, 1.807) is 6.92 Å². The lowest BCUT2D eigenvalue weighted by atomic mass is 10.1. The van der Waals surface area contributed by atoms with Gasteiger partial charge in [-0.05, 0) is 20.3 Å². The van der Waals surface area contributed by atoms with Crippen LogP contribution in [0.3, 0.4) is 0 Å². The van der Waals surface area contributed by atoms with Crippen LogP contribution in [0.25, 0.3) is 0 Å². The van der Waals surface area contributed by atoms with Crippen molar-refractivity contribution in [2.45, 2.75) is 33.6 Å². The second kappa shape index (κ2) is 5.57. The highest BCUT2D eigenvalue weighted by atomic mass is 14.2. The van der Waals surface area contributed by atoms with Crippen LogP contribution in [0.1, 0.15) is 33.6 Å². The molecule has 0 aliphatic heterocycles. The van der Waals surface area contributed by atoms with Gasteiger partial charge in [0.05, 0.1) is 6.07 Å². The Balaban J connectivity index is 4.38. The molecule has 1 heteroatoms. The molecule has 0 aliphatic rings. The van der Waals surface area contributed by atoms with E-state index in [0.29, 0.717) is 6.42 Å². The maximum atomic E-state index is 8.68. The monoisotopic (exact) mass is 147 g/mol. The molecule has 1 nitrogen and oxygen atoms in total. The van der Waals surface area contributed by atoms with Crippen LogP contribution in [-0.4, -0.2) is 0 Å². The zero-order valence-electron chi connectivity index (χ0n) is 7.36. The van der Waals surface area contributed by atoms with Crippen molar-refractivity contribution in [2.24, 2.45) is 0 Å². The fraction of sp³-hybridized carbons (Fsp3) is 0.500. The quantitative estimate of drug-likeness (QED) is 0.435. The Morgan fingerprint density at radius 3 is 2.45 bits per heavy atom. The van der Waals surface area contributed by atoms with Gasteiger partial charge in [0.25, 0.3) is 0 Å². The van der Waals surface area contributed by atoms with Gasteiger partial charge in [0.15, 0.2) is 0 Å². The molecule has 0 unspecified atom stereocenters. The molecule has 11 heavy (non-hydrogen) atoms. The minimum atomic E-state index is 0.604. The SMILES string of the molecule is CC#CC/C(C#N)=C(/C)CC. The van der Waals surface area contributed by atoms with Crippen LogP contribution in [0.2, 0.25) is 0 Å². The number of rotatable bonds is 2. The van der Waals surface area contributed by atoms with Crippen molar-refractivity contribution in [2.75, 3.05) is 0 Å². The van der Waals surface area contributed by atoms with Crippen LogP contribution in [-0.2, 0) is 0 Å². The first-order chi connectivity index (χ1) is 5.26. The van der Waals surface area contributed by atoms with E-state index < -0.39 is 0 Å². The van der Waals surface area contributed by atoms with E-state index in [1.807, 2.05) is 13.8 Å². The number of allylic oxidation sites excluding steroid dienone is 2. The first-order valence-electron chi connectivity index (χ1n) is 3.74. The molecule has 0 saturated heterocycles. The average Bonchev–Trinajstić information content (AvgIpc) is 2.05. The predicted molar refractivity (Wildman–Crippen MR) is 46.7 cm³/mol. The summed E-state index contributed by atoms with van der Waals surface area (Å²) < 4.78 is 0. The largest absolute Gasteiger partial charge is 0.193 e. The molecule has 0 heterocycles. The highest BCUT2D eigenvalue weighted by Gasteiger charge is 1.96. The molecule has 0 aromatic carbocycles. The highest BCUT2D eigenvalue weighted by Crippen LogP contribution is 2.09. The van der Waals surface area contributed by atoms with Crippen molar-refractivity contribution in [1.82, 2.24) is 0 Å². The summed E-state index contributed by atoms with van der Waals surface area (Å²) in [7, 11) is 0. The lowest BCUT2D eigenvalue weighted by molar-refractivity contribution is 1.05. The van der Waals surface area contributed by atoms with Gasteiger partial charge in [-0.3, -0.25) is 0 Å². The fourth-order valence-corrected chi connectivity index (χ4v) is 0.676. The Morgan fingerprint density at radius 1 is 1.45 bits per heavy atom. The maximum absolute atomic E-state index is 8.68. The molecule has 0 atom stereocenters. The van der Waals surface area contributed by atoms with E-state index in [4.69, 9.17) is 5.26 Å². The minimum Gasteiger partial charge on any atom is -0.193 e. The second-order valence-electron chi connectivity index (χ2n) is 2.33. The van der Waals surface area contributed by atoms with Crippen LogP contribution in [0.4, 0.5) is 0 Å². The topological polar surface area (TPSA) is 23.8 Å². The van der Waals surface area contributed by atoms with Crippen molar-refractivity contribution in [3.8, 4) is 17.9 Å². The van der Waals surface area contributed by atoms with Gasteiger partial charge in [-0.2, -0.15) is 5.26 Å². The summed E-state index contributed by atoms with van der Waals surface area (Å²) in [6, 6.07) is 2.16. The summed E-state index contributed by atoms with van der Waals surface area (Å²) in [5, 5.41) is 8.68. The van der Waals surface area contributed by atoms with Gasteiger partial charge in [-0.1, -0.05) is 18.4 Å². The zero-order chi connectivity index (χ0) is 8.69. The third kappa shape index (κ3) is 3.48. The van der Waals surface area contributed by atoms with Crippen molar-refractivity contribution in [1.29, 1.82) is 5.26 Å². The molecular weight excluding hydrogens is 134 g/mol. The lowest BCUT2D eigenvalue weighted by Crippen LogP contribution is -1.83. The van der Waals surface area contributed by atoms with Gasteiger partial charge >= 0.3 is 0 Å². The van der Waals surface area contributed by atoms with Crippen LogP contribution < -0.4 is 0 Å². The second-order valence-corrected chi connectivity index (χ2v) is 2.33. The minimum absolute atomic E-state index is 0.604. The number of nitrogens with zero attached hydrogens (tertiary/aromatic N) is 1. The highest BCUT2D eigenvalue weighted by molar-refractivity contribution is 5.30. The molecule has 0 aliphatic carbocycles. The van der Waals surface area contributed by atoms with E-state index in [2.05, 4.69) is 17.9 Å². The standard InChI is InChI=1S/C10H13N/c1-4-6-7-10(8-11)9(3)5-2/h5,7H2,1-3H3/b10-9+. The van der Waals surface area contributed by atoms with Crippen molar-refractivity contribution in [3.63, 3.8) is 0 Å². The summed E-state index contributed by atoms with van der Waals surface area (Å²) in [6.45, 7) is 5.82. The van der Waals surface area contributed by atoms with Crippen LogP contribution >= 0.6 is 0 Å². The Hall–Kier alpha value is -1.21. The van der Waals surface area contributed by atoms with Gasteiger partial charge in [0, 0.05) is 12.0 Å². The molecule has 0 bridgehead atoms. The fourth-order valence-electron chi connectivity index (χ4n) is 0.676. The lowest BCUT2D eigenvalue weighted by Gasteiger charge is -1.96. The van der Waals surface area contributed by atoms with Crippen LogP contribution in [0.15, 0.2) is 11.1 Å². The number of hydrogen-bond acceptors (Lipinski definition) is 1. The van der Waals surface area contributed by atoms with Crippen molar-refractivity contribution < 1.29 is 0 Å². The summed E-state index contributed by atoms with van der Waals surface area (Å²) in [4.78, 5) is 0. The van der Waals surface area contributed by atoms with Crippen molar-refractivity contribution in [3.05, 3.63) is 11.1 Å². The van der Waals surface area contributed by atoms with Gasteiger partial charge in [0.2, 0.25) is 0 Å². The van der Waals surface area contributed by atoms with E-state index in [-0.39, 0.29) is 0 Å². The molecule has 0 aromatic rings. The molecular formula is C10H13N. The van der Waals surface area contributed by atoms with Gasteiger partial charge in [-0.25, -0.2) is 0 Å². The predicted octanol–water partition coefficient (Wildman–Crippen LogP) is 2.65. The maximum Gasteiger partial charge on any atom is 0.0956 e. The molecule has 0 fully saturated rings. The van der Waals surface area contributed by atoms with Crippen LogP contribution in [0.5, 0.6) is 0 Å². The molecule has 0 radical (unpaired) electrons. The smallest absolute Gasteiger partial charge is 0.0956 e. The Bertz CT molecular complexity index is 242. The molecule has 0 spiro atoms. The normalized spacial score (nSPS) is 10.7. The molecule has 58 valence electrons. The molecule has 0 N–H and O–H groups in total. The molecule has 0 amide bonds. The average molecular weight is 147 g/mol. The molecule has 0 saturated carbocycles. The molecule has 0 rings (SSSR count). The first-order valence-corrected chi connectivity index (χ1v) is 3.74.